The predicted octanol–water partition coefficient (Wildman–Crippen LogP) is 3.24. The summed E-state index contributed by atoms with van der Waals surface area (Å²) >= 11 is 3.40. The minimum absolute atomic E-state index is 0.206. The molecule has 146 valence electrons. The molecule has 2 unspecified atom stereocenters. The maximum Gasteiger partial charge on any atom is 0.328 e. The lowest BCUT2D eigenvalue weighted by Gasteiger charge is -2.39. The van der Waals surface area contributed by atoms with Gasteiger partial charge in [-0.25, -0.2) is 9.79 Å². The van der Waals surface area contributed by atoms with Gasteiger partial charge in [-0.2, -0.15) is 0 Å². The summed E-state index contributed by atoms with van der Waals surface area (Å²) < 4.78 is 6.83. The molecule has 0 N–H and O–H groups in total. The Morgan fingerprint density at radius 3 is 2.52 bits per heavy atom. The first-order valence-electron chi connectivity index (χ1n) is 9.17. The third kappa shape index (κ3) is 2.91. The smallest absolute Gasteiger partial charge is 0.328 e. The summed E-state index contributed by atoms with van der Waals surface area (Å²) in [5.74, 6) is 0.351. The van der Waals surface area contributed by atoms with Crippen molar-refractivity contribution in [2.24, 2.45) is 4.99 Å². The molecule has 0 bridgehead atoms. The number of likely N-dealkylation sites (N-methyl/N-ethyl adjacent to an activating group) is 1. The van der Waals surface area contributed by atoms with Gasteiger partial charge in [0.2, 0.25) is 0 Å². The first-order valence-corrected chi connectivity index (χ1v) is 9.96. The highest BCUT2D eigenvalue weighted by atomic mass is 79.9. The molecule has 0 spiro atoms. The van der Waals surface area contributed by atoms with Crippen molar-refractivity contribution in [3.8, 4) is 0 Å². The Labute approximate surface area is 176 Å². The topological polar surface area (TPSA) is 65.5 Å². The molecule has 7 nitrogen and oxygen atoms in total. The van der Waals surface area contributed by atoms with Crippen LogP contribution in [0.3, 0.4) is 0 Å². The minimum Gasteiger partial charge on any atom is -0.423 e. The van der Waals surface area contributed by atoms with E-state index in [-0.39, 0.29) is 18.5 Å². The normalized spacial score (nSPS) is 22.9. The second-order valence-electron chi connectivity index (χ2n) is 7.08. The summed E-state index contributed by atoms with van der Waals surface area (Å²) in [7, 11) is 1.66. The largest absolute Gasteiger partial charge is 0.423 e. The van der Waals surface area contributed by atoms with Crippen LogP contribution in [0, 0.1) is 0 Å². The fraction of sp³-hybridized carbons (Fsp3) is 0.190. The van der Waals surface area contributed by atoms with Gasteiger partial charge in [0, 0.05) is 17.1 Å². The number of aliphatic imine (C=N–C) groups is 1. The fourth-order valence-corrected chi connectivity index (χ4v) is 4.00. The number of rotatable bonds is 3. The molecule has 0 radical (unpaired) electrons. The van der Waals surface area contributed by atoms with Crippen LogP contribution in [-0.4, -0.2) is 51.9 Å². The number of carbonyl (C=O) groups is 2. The van der Waals surface area contributed by atoms with E-state index in [9.17, 15) is 9.59 Å². The van der Waals surface area contributed by atoms with Crippen molar-refractivity contribution >= 4 is 39.6 Å². The molecule has 3 aliphatic rings. The Kier molecular flexibility index (Phi) is 4.16. The zero-order valence-corrected chi connectivity index (χ0v) is 17.1. The number of nitrogens with zero attached hydrogens (tertiary/aromatic N) is 4. The maximum absolute atomic E-state index is 13.3. The first-order chi connectivity index (χ1) is 14.0. The van der Waals surface area contributed by atoms with E-state index < -0.39 is 12.2 Å². The second-order valence-corrected chi connectivity index (χ2v) is 8.00. The Morgan fingerprint density at radius 1 is 1.07 bits per heavy atom. The van der Waals surface area contributed by atoms with Gasteiger partial charge in [0.15, 0.2) is 18.0 Å². The number of hydrogen-bond donors (Lipinski definition) is 0. The van der Waals surface area contributed by atoms with Gasteiger partial charge in [-0.15, -0.1) is 0 Å². The molecule has 2 aromatic rings. The Morgan fingerprint density at radius 2 is 1.79 bits per heavy atom. The molecule has 3 aliphatic heterocycles. The van der Waals surface area contributed by atoms with Crippen LogP contribution >= 0.6 is 15.9 Å². The van der Waals surface area contributed by atoms with E-state index in [2.05, 4.69) is 20.9 Å². The molecular formula is C21H17BrN4O3. The summed E-state index contributed by atoms with van der Waals surface area (Å²) in [5, 5.41) is 0. The van der Waals surface area contributed by atoms with Crippen molar-refractivity contribution in [1.29, 1.82) is 0 Å². The van der Waals surface area contributed by atoms with Gasteiger partial charge in [-0.1, -0.05) is 58.4 Å². The number of amides is 3. The molecule has 3 amide bonds. The highest BCUT2D eigenvalue weighted by Crippen LogP contribution is 2.35. The number of hydrogen-bond acceptors (Lipinski definition) is 5. The van der Waals surface area contributed by atoms with Gasteiger partial charge in [0.25, 0.3) is 11.9 Å². The van der Waals surface area contributed by atoms with Crippen molar-refractivity contribution < 1.29 is 14.3 Å². The molecule has 3 heterocycles. The van der Waals surface area contributed by atoms with Gasteiger partial charge in [-0.05, 0) is 17.7 Å². The summed E-state index contributed by atoms with van der Waals surface area (Å²) in [6.45, 7) is 0.206. The molecule has 8 heteroatoms. The van der Waals surface area contributed by atoms with E-state index in [1.165, 1.54) is 9.80 Å². The highest BCUT2D eigenvalue weighted by molar-refractivity contribution is 9.10. The van der Waals surface area contributed by atoms with E-state index in [1.807, 2.05) is 54.6 Å². The predicted molar refractivity (Wildman–Crippen MR) is 110 cm³/mol. The molecule has 1 fully saturated rings. The molecule has 2 atom stereocenters. The van der Waals surface area contributed by atoms with Gasteiger partial charge in [0.05, 0.1) is 12.7 Å². The van der Waals surface area contributed by atoms with E-state index in [0.717, 1.165) is 15.6 Å². The van der Waals surface area contributed by atoms with E-state index in [0.29, 0.717) is 11.8 Å². The van der Waals surface area contributed by atoms with Crippen molar-refractivity contribution in [2.75, 3.05) is 7.05 Å². The number of benzene rings is 2. The van der Waals surface area contributed by atoms with Gasteiger partial charge in [-0.3, -0.25) is 14.6 Å². The average Bonchev–Trinajstić information content (AvgIpc) is 3.30. The number of fused-ring (bicyclic) bond motifs is 3. The van der Waals surface area contributed by atoms with E-state index >= 15 is 0 Å². The van der Waals surface area contributed by atoms with Gasteiger partial charge in [0.1, 0.15) is 0 Å². The zero-order chi connectivity index (χ0) is 20.1. The lowest BCUT2D eigenvalue weighted by molar-refractivity contribution is -0.137. The third-order valence-electron chi connectivity index (χ3n) is 5.26. The minimum atomic E-state index is -0.635. The summed E-state index contributed by atoms with van der Waals surface area (Å²) in [6.07, 6.45) is 1.19. The number of urea groups is 1. The average molecular weight is 453 g/mol. The fourth-order valence-electron chi connectivity index (χ4n) is 3.73. The van der Waals surface area contributed by atoms with Gasteiger partial charge < -0.3 is 9.64 Å². The number of imide groups is 1. The quantitative estimate of drug-likeness (QED) is 0.716. The third-order valence-corrected chi connectivity index (χ3v) is 5.79. The number of amidine groups is 1. The SMILES string of the molecule is CN1C(=O)N(Cc2ccc(Br)cc2)C(=O)C2C1N=C1OC(c3ccccc3)=CN12. The van der Waals surface area contributed by atoms with E-state index in [4.69, 9.17) is 4.74 Å². The lowest BCUT2D eigenvalue weighted by atomic mass is 10.1. The highest BCUT2D eigenvalue weighted by Gasteiger charge is 2.54. The number of halogens is 1. The molecule has 0 saturated carbocycles. The van der Waals surface area contributed by atoms with Crippen molar-refractivity contribution in [3.63, 3.8) is 0 Å². The maximum atomic E-state index is 13.3. The monoisotopic (exact) mass is 452 g/mol. The Balaban J connectivity index is 1.44. The second kappa shape index (κ2) is 6.73. The molecule has 1 saturated heterocycles. The first kappa shape index (κ1) is 17.9. The standard InChI is InChI=1S/C21H17BrN4O3/c1-24-18-17(19(27)26(21(24)28)11-13-7-9-15(22)10-8-13)25-12-16(29-20(25)23-18)14-5-3-2-4-6-14/h2-10,12,17-18H,11H2,1H3. The van der Waals surface area contributed by atoms with Crippen molar-refractivity contribution in [3.05, 3.63) is 76.4 Å². The van der Waals surface area contributed by atoms with Crippen LogP contribution < -0.4 is 0 Å². The molecular weight excluding hydrogens is 436 g/mol. The van der Waals surface area contributed by atoms with Gasteiger partial charge >= 0.3 is 6.03 Å². The van der Waals surface area contributed by atoms with Crippen LogP contribution in [0.2, 0.25) is 0 Å². The van der Waals surface area contributed by atoms with Crippen LogP contribution in [0.1, 0.15) is 11.1 Å². The molecule has 0 aromatic heterocycles. The van der Waals surface area contributed by atoms with Crippen LogP contribution in [-0.2, 0) is 16.1 Å². The molecule has 29 heavy (non-hydrogen) atoms. The van der Waals surface area contributed by atoms with Crippen molar-refractivity contribution in [2.45, 2.75) is 18.8 Å². The van der Waals surface area contributed by atoms with Crippen LogP contribution in [0.15, 0.2) is 70.3 Å². The lowest BCUT2D eigenvalue weighted by Crippen LogP contribution is -2.63. The van der Waals surface area contributed by atoms with Crippen LogP contribution in [0.4, 0.5) is 4.79 Å². The Hall–Kier alpha value is -3.13. The molecule has 5 rings (SSSR count). The zero-order valence-electron chi connectivity index (χ0n) is 15.5. The Bertz CT molecular complexity index is 1050. The van der Waals surface area contributed by atoms with E-state index in [1.54, 1.807) is 18.1 Å². The molecule has 2 aromatic carbocycles. The summed E-state index contributed by atoms with van der Waals surface area (Å²) in [6, 6.07) is 16.5. The van der Waals surface area contributed by atoms with Crippen LogP contribution in [0.5, 0.6) is 0 Å². The van der Waals surface area contributed by atoms with Crippen molar-refractivity contribution in [1.82, 2.24) is 14.7 Å². The summed E-state index contributed by atoms with van der Waals surface area (Å²) in [5.41, 5.74) is 1.78. The summed E-state index contributed by atoms with van der Waals surface area (Å²) in [4.78, 5) is 35.1. The van der Waals surface area contributed by atoms with Crippen LogP contribution in [0.25, 0.3) is 5.76 Å². The number of ether oxygens (including phenoxy) is 1. The number of carbonyl (C=O) groups excluding carboxylic acids is 2. The molecule has 0 aliphatic carbocycles.